The number of halogens is 4. The number of tetrazole rings is 2. The van der Waals surface area contributed by atoms with E-state index in [9.17, 15) is 19.8 Å². The topological polar surface area (TPSA) is 204 Å². The molecule has 0 atom stereocenters. The van der Waals surface area contributed by atoms with Crippen molar-refractivity contribution < 1.29 is 19.8 Å². The molecule has 0 bridgehead atoms. The van der Waals surface area contributed by atoms with Crippen LogP contribution in [0, 0.1) is 0 Å². The highest BCUT2D eigenvalue weighted by atomic mass is 35.5. The average Bonchev–Trinajstić information content (AvgIpc) is 4.24. The maximum atomic E-state index is 13.7. The third kappa shape index (κ3) is 10.8. The van der Waals surface area contributed by atoms with Crippen molar-refractivity contribution in [1.29, 1.82) is 0 Å². The van der Waals surface area contributed by atoms with E-state index >= 15 is 0 Å². The van der Waals surface area contributed by atoms with Crippen molar-refractivity contribution in [2.75, 3.05) is 14.1 Å². The smallest absolute Gasteiger partial charge is 0.274 e. The number of aryl methyl sites for hydroxylation is 2. The molecule has 4 aromatic carbocycles. The van der Waals surface area contributed by atoms with Crippen LogP contribution in [0.4, 0.5) is 0 Å². The van der Waals surface area contributed by atoms with E-state index in [4.69, 9.17) is 56.6 Å². The van der Waals surface area contributed by atoms with Crippen molar-refractivity contribution in [3.05, 3.63) is 128 Å². The number of carbonyl (C=O) groups excluding carboxylic acids is 2. The molecule has 2 fully saturated rings. The van der Waals surface area contributed by atoms with Gasteiger partial charge in [0.2, 0.25) is 5.82 Å². The Hall–Kier alpha value is -6.54. The van der Waals surface area contributed by atoms with Crippen LogP contribution in [0.5, 0.6) is 0 Å². The lowest BCUT2D eigenvalue weighted by molar-refractivity contribution is 0.0679. The summed E-state index contributed by atoms with van der Waals surface area (Å²) in [6.45, 7) is -0.733. The third-order valence-electron chi connectivity index (χ3n) is 13.8. The zero-order valence-corrected chi connectivity index (χ0v) is 44.2. The zero-order valence-electron chi connectivity index (χ0n) is 41.2. The summed E-state index contributed by atoms with van der Waals surface area (Å²) in [5.41, 5.74) is 6.64. The van der Waals surface area contributed by atoms with E-state index in [0.717, 1.165) is 73.6 Å². The Labute approximate surface area is 447 Å². The number of amides is 2. The fourth-order valence-corrected chi connectivity index (χ4v) is 10.8. The lowest BCUT2D eigenvalue weighted by atomic mass is 9.94. The number of benzene rings is 4. The van der Waals surface area contributed by atoms with Crippen molar-refractivity contribution in [2.24, 2.45) is 14.1 Å². The second-order valence-corrected chi connectivity index (χ2v) is 20.2. The van der Waals surface area contributed by atoms with Crippen LogP contribution in [0.1, 0.15) is 96.3 Å². The van der Waals surface area contributed by atoms with E-state index in [1.165, 1.54) is 17.6 Å². The number of nitrogens with zero attached hydrogens (tertiary/aromatic N) is 14. The minimum absolute atomic E-state index is 0.152. The predicted molar refractivity (Wildman–Crippen MR) is 283 cm³/mol. The number of hydrogen-bond donors (Lipinski definition) is 2. The molecule has 22 heteroatoms. The van der Waals surface area contributed by atoms with Gasteiger partial charge in [-0.05, 0) is 77.7 Å². The fraction of sp³-hybridized carbons (Fsp3) is 0.346. The molecule has 4 aromatic heterocycles. The molecular weight excluding hydrogens is 1030 g/mol. The molecule has 8 aromatic rings. The second kappa shape index (κ2) is 22.9. The van der Waals surface area contributed by atoms with Crippen molar-refractivity contribution >= 4 is 58.2 Å². The molecule has 2 saturated carbocycles. The number of carbonyl (C=O) groups is 2. The van der Waals surface area contributed by atoms with Gasteiger partial charge in [-0.15, -0.1) is 15.3 Å². The van der Waals surface area contributed by atoms with Gasteiger partial charge in [0, 0.05) is 76.7 Å². The molecule has 0 radical (unpaired) electrons. The Bertz CT molecular complexity index is 3290. The minimum Gasteiger partial charge on any atom is -0.392 e. The Kier molecular flexibility index (Phi) is 16.2. The van der Waals surface area contributed by atoms with Gasteiger partial charge in [-0.25, -0.2) is 14.0 Å². The van der Waals surface area contributed by atoms with Crippen LogP contribution in [-0.2, 0) is 27.3 Å². The molecular formula is C52H54Cl4N14O4. The van der Waals surface area contributed by atoms with Crippen LogP contribution in [0.15, 0.2) is 84.9 Å². The van der Waals surface area contributed by atoms with Crippen LogP contribution in [0.25, 0.3) is 56.7 Å². The van der Waals surface area contributed by atoms with Gasteiger partial charge in [0.1, 0.15) is 0 Å². The van der Waals surface area contributed by atoms with Gasteiger partial charge in [0.15, 0.2) is 17.2 Å². The van der Waals surface area contributed by atoms with Crippen molar-refractivity contribution in [3.8, 4) is 56.7 Å². The summed E-state index contributed by atoms with van der Waals surface area (Å²) in [4.78, 5) is 32.3. The van der Waals surface area contributed by atoms with Gasteiger partial charge in [-0.2, -0.15) is 15.0 Å². The van der Waals surface area contributed by atoms with E-state index in [0.29, 0.717) is 65.6 Å². The Balaban J connectivity index is 0.000000182. The summed E-state index contributed by atoms with van der Waals surface area (Å²) < 4.78 is 4.82. The summed E-state index contributed by atoms with van der Waals surface area (Å²) in [6, 6.07) is 25.5. The van der Waals surface area contributed by atoms with Crippen LogP contribution >= 0.6 is 46.4 Å². The molecule has 0 aliphatic heterocycles. The number of aliphatic hydroxyl groups is 2. The molecule has 10 rings (SSSR count). The molecule has 384 valence electrons. The van der Waals surface area contributed by atoms with E-state index in [1.807, 2.05) is 62.6 Å². The quantitative estimate of drug-likeness (QED) is 0.117. The highest BCUT2D eigenvalue weighted by Gasteiger charge is 2.33. The highest BCUT2D eigenvalue weighted by molar-refractivity contribution is 6.36. The van der Waals surface area contributed by atoms with Crippen LogP contribution < -0.4 is 0 Å². The molecule has 0 unspecified atom stereocenters. The van der Waals surface area contributed by atoms with Crippen molar-refractivity contribution in [2.45, 2.75) is 89.5 Å². The lowest BCUT2D eigenvalue weighted by Crippen LogP contribution is -2.38. The summed E-state index contributed by atoms with van der Waals surface area (Å²) in [5.74, 6) is 0.674. The molecule has 18 nitrogen and oxygen atoms in total. The number of hydrogen-bond acceptors (Lipinski definition) is 12. The van der Waals surface area contributed by atoms with Gasteiger partial charge < -0.3 is 20.0 Å². The zero-order chi connectivity index (χ0) is 52.2. The Morgan fingerprint density at radius 3 is 1.38 bits per heavy atom. The monoisotopic (exact) mass is 1080 g/mol. The molecule has 2 N–H and O–H groups in total. The molecule has 4 heterocycles. The molecule has 0 saturated heterocycles. The van der Waals surface area contributed by atoms with Gasteiger partial charge in [0.05, 0.1) is 53.1 Å². The molecule has 2 amide bonds. The number of rotatable bonds is 12. The molecule has 2 aliphatic carbocycles. The first kappa shape index (κ1) is 52.3. The second-order valence-electron chi connectivity index (χ2n) is 18.5. The van der Waals surface area contributed by atoms with Gasteiger partial charge in [0.25, 0.3) is 11.8 Å². The van der Waals surface area contributed by atoms with E-state index < -0.39 is 0 Å². The standard InChI is InChI=1S/2C26H27Cl2N7O2/c1-33(19-6-4-3-5-7-19)26(37)23-20(15-36)24(35(30-23)22-13-12-18(27)14-21(22)28)16-8-10-17(11-9-16)25-29-31-32-34(25)2;1-33(19-6-4-3-5-7-19)26(37)23-20(15-36)24(35(30-23)22-13-12-18(27)14-21(22)28)16-8-10-17(11-9-16)25-29-32-34(2)31-25/h2*8-14,19,36H,3-7,15H2,1-2H3. The maximum absolute atomic E-state index is 13.7. The molecule has 2 aliphatic rings. The number of aliphatic hydroxyl groups excluding tert-OH is 2. The van der Waals surface area contributed by atoms with E-state index in [-0.39, 0.29) is 48.5 Å². The molecule has 74 heavy (non-hydrogen) atoms. The van der Waals surface area contributed by atoms with E-state index in [2.05, 4.69) is 30.9 Å². The molecule has 0 spiro atoms. The fourth-order valence-electron chi connectivity index (χ4n) is 9.82. The van der Waals surface area contributed by atoms with Crippen LogP contribution in [0.3, 0.4) is 0 Å². The largest absolute Gasteiger partial charge is 0.392 e. The van der Waals surface area contributed by atoms with Crippen LogP contribution in [0.2, 0.25) is 20.1 Å². The van der Waals surface area contributed by atoms with Crippen molar-refractivity contribution in [1.82, 2.24) is 69.8 Å². The third-order valence-corrected chi connectivity index (χ3v) is 14.9. The van der Waals surface area contributed by atoms with Gasteiger partial charge in [-0.1, -0.05) is 133 Å². The highest BCUT2D eigenvalue weighted by Crippen LogP contribution is 2.37. The summed E-state index contributed by atoms with van der Waals surface area (Å²) in [6.07, 6.45) is 10.6. The van der Waals surface area contributed by atoms with Gasteiger partial charge in [-0.3, -0.25) is 9.59 Å². The Morgan fingerprint density at radius 2 is 1.00 bits per heavy atom. The summed E-state index contributed by atoms with van der Waals surface area (Å²) in [7, 11) is 7.11. The van der Waals surface area contributed by atoms with Crippen molar-refractivity contribution in [3.63, 3.8) is 0 Å². The first-order chi connectivity index (χ1) is 35.8. The Morgan fingerprint density at radius 1 is 0.568 bits per heavy atom. The average molecular weight is 1080 g/mol. The van der Waals surface area contributed by atoms with Gasteiger partial charge >= 0.3 is 0 Å². The first-order valence-corrected chi connectivity index (χ1v) is 25.9. The SMILES string of the molecule is CN(C(=O)c1nn(-c2ccc(Cl)cc2Cl)c(-c2ccc(-c3nnn(C)n3)cc2)c1CO)C1CCCCC1.CN(C(=O)c1nn(-c2ccc(Cl)cc2Cl)c(-c2ccc(-c3nnnn3C)cc2)c1CO)C1CCCCC1. The van der Waals surface area contributed by atoms with E-state index in [1.54, 1.807) is 74.3 Å². The van der Waals surface area contributed by atoms with Crippen LogP contribution in [-0.4, -0.2) is 118 Å². The first-order valence-electron chi connectivity index (χ1n) is 24.3. The minimum atomic E-state index is -0.367. The maximum Gasteiger partial charge on any atom is 0.274 e. The lowest BCUT2D eigenvalue weighted by Gasteiger charge is -2.30. The summed E-state index contributed by atoms with van der Waals surface area (Å²) >= 11 is 25.4. The predicted octanol–water partition coefficient (Wildman–Crippen LogP) is 9.87. The normalized spacial score (nSPS) is 14.2. The number of aromatic nitrogens is 12. The summed E-state index contributed by atoms with van der Waals surface area (Å²) in [5, 5.41) is 56.0.